The number of esters is 4. The van der Waals surface area contributed by atoms with Gasteiger partial charge in [0.15, 0.2) is 18.3 Å². The van der Waals surface area contributed by atoms with Crippen molar-refractivity contribution in [1.29, 1.82) is 0 Å². The van der Waals surface area contributed by atoms with Crippen molar-refractivity contribution in [2.45, 2.75) is 121 Å². The summed E-state index contributed by atoms with van der Waals surface area (Å²) < 4.78 is 69.2. The molecule has 2 aromatic rings. The third-order valence-corrected chi connectivity index (χ3v) is 9.27. The number of alkyl halides is 3. The molecule has 1 saturated heterocycles. The van der Waals surface area contributed by atoms with E-state index in [2.05, 4.69) is 0 Å². The van der Waals surface area contributed by atoms with Crippen molar-refractivity contribution in [2.75, 3.05) is 6.61 Å². The molecule has 14 heteroatoms. The molecule has 1 aliphatic heterocycles. The lowest BCUT2D eigenvalue weighted by Crippen LogP contribution is -2.61. The van der Waals surface area contributed by atoms with Crippen LogP contribution in [0.3, 0.4) is 0 Å². The zero-order chi connectivity index (χ0) is 37.9. The summed E-state index contributed by atoms with van der Waals surface area (Å²) >= 11 is 1.03. The summed E-state index contributed by atoms with van der Waals surface area (Å²) in [7, 11) is 0. The summed E-state index contributed by atoms with van der Waals surface area (Å²) in [6, 6.07) is 8.09. The molecule has 2 unspecified atom stereocenters. The number of benzene rings is 2. The monoisotopic (exact) mass is 726 g/mol. The Morgan fingerprint density at radius 1 is 0.740 bits per heavy atom. The summed E-state index contributed by atoms with van der Waals surface area (Å²) in [4.78, 5) is 48.9. The number of hydrogen-bond acceptors (Lipinski definition) is 11. The van der Waals surface area contributed by atoms with Crippen molar-refractivity contribution in [1.82, 2.24) is 0 Å². The molecule has 1 N–H and O–H groups in total. The van der Waals surface area contributed by atoms with Crippen LogP contribution in [-0.4, -0.2) is 65.4 Å². The predicted molar refractivity (Wildman–Crippen MR) is 178 cm³/mol. The second-order valence-corrected chi connectivity index (χ2v) is 15.4. The largest absolute Gasteiger partial charge is 0.507 e. The Hall–Kier alpha value is -3.78. The van der Waals surface area contributed by atoms with E-state index in [-0.39, 0.29) is 5.75 Å². The van der Waals surface area contributed by atoms with E-state index in [9.17, 15) is 37.5 Å². The van der Waals surface area contributed by atoms with Crippen LogP contribution >= 0.6 is 11.8 Å². The lowest BCUT2D eigenvalue weighted by molar-refractivity contribution is -0.237. The molecule has 0 spiro atoms. The van der Waals surface area contributed by atoms with E-state index in [4.69, 9.17) is 23.7 Å². The zero-order valence-electron chi connectivity index (χ0n) is 29.8. The number of ether oxygens (including phenoxy) is 5. The van der Waals surface area contributed by atoms with Gasteiger partial charge in [-0.05, 0) is 45.2 Å². The van der Waals surface area contributed by atoms with Crippen LogP contribution in [0.2, 0.25) is 0 Å². The van der Waals surface area contributed by atoms with Crippen LogP contribution < -0.4 is 0 Å². The minimum Gasteiger partial charge on any atom is -0.507 e. The highest BCUT2D eigenvalue weighted by molar-refractivity contribution is 8.00. The van der Waals surface area contributed by atoms with Gasteiger partial charge in [0.25, 0.3) is 0 Å². The van der Waals surface area contributed by atoms with Crippen LogP contribution in [0, 0.1) is 0 Å². The number of rotatable bonds is 9. The third-order valence-electron chi connectivity index (χ3n) is 7.81. The predicted octanol–water partition coefficient (Wildman–Crippen LogP) is 6.91. The number of hydrogen-bond donors (Lipinski definition) is 1. The lowest BCUT2D eigenvalue weighted by atomic mass is 9.78. The van der Waals surface area contributed by atoms with Gasteiger partial charge in [0.05, 0.1) is 10.8 Å². The van der Waals surface area contributed by atoms with Gasteiger partial charge in [0.2, 0.25) is 0 Å². The molecular formula is C36H45F3O10S. The van der Waals surface area contributed by atoms with E-state index >= 15 is 0 Å². The molecule has 0 bridgehead atoms. The van der Waals surface area contributed by atoms with Crippen LogP contribution in [-0.2, 0) is 59.9 Å². The Bertz CT molecular complexity index is 1520. The van der Waals surface area contributed by atoms with Gasteiger partial charge in [-0.1, -0.05) is 65.8 Å². The number of carbonyl (C=O) groups excluding carboxylic acids is 4. The Morgan fingerprint density at radius 2 is 1.20 bits per heavy atom. The fraction of sp³-hybridized carbons (Fsp3) is 0.556. The number of phenolic OH excluding ortho intramolecular Hbond substituents is 1. The van der Waals surface area contributed by atoms with E-state index in [1.165, 1.54) is 12.1 Å². The molecule has 1 heterocycles. The van der Waals surface area contributed by atoms with Crippen molar-refractivity contribution in [3.63, 3.8) is 0 Å². The average molecular weight is 727 g/mol. The summed E-state index contributed by atoms with van der Waals surface area (Å²) in [6.07, 6.45) is -10.0. The Balaban J connectivity index is 2.33. The molecule has 3 rings (SSSR count). The quantitative estimate of drug-likeness (QED) is 0.213. The fourth-order valence-corrected chi connectivity index (χ4v) is 7.03. The number of halogens is 3. The van der Waals surface area contributed by atoms with Crippen LogP contribution in [0.4, 0.5) is 13.2 Å². The van der Waals surface area contributed by atoms with Crippen LogP contribution in [0.5, 0.6) is 5.75 Å². The maximum atomic E-state index is 13.6. The van der Waals surface area contributed by atoms with E-state index in [0.717, 1.165) is 51.6 Å². The highest BCUT2D eigenvalue weighted by Crippen LogP contribution is 2.48. The second kappa shape index (κ2) is 15.6. The minimum absolute atomic E-state index is 0.0808. The van der Waals surface area contributed by atoms with E-state index in [1.807, 2.05) is 41.5 Å². The first-order valence-electron chi connectivity index (χ1n) is 15.9. The molecule has 50 heavy (non-hydrogen) atoms. The third kappa shape index (κ3) is 10.4. The van der Waals surface area contributed by atoms with Gasteiger partial charge in [-0.2, -0.15) is 13.2 Å². The first kappa shape index (κ1) is 40.6. The van der Waals surface area contributed by atoms with Gasteiger partial charge in [0, 0.05) is 27.7 Å². The molecule has 0 aliphatic carbocycles. The molecule has 0 radical (unpaired) electrons. The normalized spacial score (nSPS) is 21.9. The summed E-state index contributed by atoms with van der Waals surface area (Å²) in [5.41, 5.74) is -1.08. The number of thioether (sulfide) groups is 1. The number of phenols is 1. The van der Waals surface area contributed by atoms with Crippen molar-refractivity contribution in [3.8, 4) is 5.75 Å². The minimum atomic E-state index is -4.60. The molecule has 1 aliphatic rings. The first-order valence-corrected chi connectivity index (χ1v) is 16.8. The molecule has 2 aromatic carbocycles. The highest BCUT2D eigenvalue weighted by Gasteiger charge is 2.53. The topological polar surface area (TPSA) is 135 Å². The summed E-state index contributed by atoms with van der Waals surface area (Å²) in [5, 5.41) is 10.6. The van der Waals surface area contributed by atoms with Crippen LogP contribution in [0.1, 0.15) is 102 Å². The van der Waals surface area contributed by atoms with Crippen LogP contribution in [0.25, 0.3) is 0 Å². The fourth-order valence-electron chi connectivity index (χ4n) is 5.58. The van der Waals surface area contributed by atoms with Gasteiger partial charge in [-0.15, -0.1) is 11.8 Å². The van der Waals surface area contributed by atoms with Gasteiger partial charge in [0.1, 0.15) is 23.9 Å². The van der Waals surface area contributed by atoms with Crippen molar-refractivity contribution in [2.24, 2.45) is 0 Å². The molecule has 10 nitrogen and oxygen atoms in total. The molecular weight excluding hydrogens is 681 g/mol. The first-order chi connectivity index (χ1) is 22.9. The van der Waals surface area contributed by atoms with Crippen molar-refractivity contribution >= 4 is 35.6 Å². The molecule has 0 amide bonds. The van der Waals surface area contributed by atoms with Crippen molar-refractivity contribution in [3.05, 3.63) is 64.2 Å². The molecule has 0 saturated carbocycles. The van der Waals surface area contributed by atoms with Gasteiger partial charge in [-0.3, -0.25) is 19.2 Å². The maximum absolute atomic E-state index is 13.6. The van der Waals surface area contributed by atoms with Crippen molar-refractivity contribution < 1.29 is 61.1 Å². The zero-order valence-corrected chi connectivity index (χ0v) is 30.6. The Labute approximate surface area is 294 Å². The molecule has 1 fully saturated rings. The second-order valence-electron chi connectivity index (χ2n) is 14.2. The van der Waals surface area contributed by atoms with Crippen LogP contribution in [0.15, 0.2) is 36.4 Å². The van der Waals surface area contributed by atoms with Gasteiger partial charge in [-0.25, -0.2) is 0 Å². The number of carbonyl (C=O) groups is 4. The van der Waals surface area contributed by atoms with Gasteiger partial charge < -0.3 is 28.8 Å². The van der Waals surface area contributed by atoms with Gasteiger partial charge >= 0.3 is 30.1 Å². The van der Waals surface area contributed by atoms with E-state index in [1.54, 1.807) is 12.1 Å². The highest BCUT2D eigenvalue weighted by atomic mass is 32.2. The smallest absolute Gasteiger partial charge is 0.416 e. The lowest BCUT2D eigenvalue weighted by Gasteiger charge is -2.45. The standard InChI is InChI=1S/C36H45F3O10S/c1-18(40)45-17-27-29(46-19(2)41)30(47-20(3)42)31(48-21(4)43)33(49-27)50-32(22-11-13-24(14-12-22)36(37,38)39)23-15-25(34(5,6)7)28(44)26(16-23)35(8,9)10/h11-16,27,29-33,44H,17H2,1-10H3/t27-,29+,30?,31?,32+,33+/m0/s1. The maximum Gasteiger partial charge on any atom is 0.416 e. The van der Waals surface area contributed by atoms with E-state index in [0.29, 0.717) is 22.3 Å². The SMILES string of the molecule is CC(=O)OC[C@@H]1O[C@H](S[C@H](c2ccc(C(F)(F)F)cc2)c2cc(C(C)(C)C)c(O)c(C(C)(C)C)c2)C(OC(C)=O)C(OC(C)=O)[C@@H]1OC(C)=O. The Morgan fingerprint density at radius 3 is 1.62 bits per heavy atom. The number of aromatic hydroxyl groups is 1. The summed E-state index contributed by atoms with van der Waals surface area (Å²) in [5.74, 6) is -2.97. The average Bonchev–Trinajstić information content (AvgIpc) is 2.95. The van der Waals surface area contributed by atoms with E-state index < -0.39 is 88.2 Å². The molecule has 276 valence electrons. The Kier molecular flexibility index (Phi) is 12.7. The molecule has 0 aromatic heterocycles. The summed E-state index contributed by atoms with van der Waals surface area (Å²) in [6.45, 7) is 15.5. The molecule has 6 atom stereocenters.